The average molecular weight is 251 g/mol. The van der Waals surface area contributed by atoms with Crippen molar-refractivity contribution < 1.29 is 9.72 Å². The Morgan fingerprint density at radius 1 is 1.56 bits per heavy atom. The molecule has 0 aliphatic heterocycles. The van der Waals surface area contributed by atoms with Gasteiger partial charge in [-0.2, -0.15) is 0 Å². The molecule has 98 valence electrons. The van der Waals surface area contributed by atoms with Crippen LogP contribution in [-0.4, -0.2) is 36.4 Å². The second-order valence-electron chi connectivity index (χ2n) is 4.06. The molecule has 0 aromatic heterocycles. The van der Waals surface area contributed by atoms with E-state index < -0.39 is 4.92 Å². The maximum atomic E-state index is 11.7. The van der Waals surface area contributed by atoms with Crippen molar-refractivity contribution in [3.05, 3.63) is 39.9 Å². The summed E-state index contributed by atoms with van der Waals surface area (Å²) < 4.78 is 0. The smallest absolute Gasteiger partial charge is 0.269 e. The first-order valence-corrected chi connectivity index (χ1v) is 5.62. The molecule has 1 N–H and O–H groups in total. The predicted molar refractivity (Wildman–Crippen MR) is 68.2 cm³/mol. The summed E-state index contributed by atoms with van der Waals surface area (Å²) in [5.41, 5.74) is 0.782. The number of rotatable bonds is 5. The van der Waals surface area contributed by atoms with Crippen molar-refractivity contribution in [2.45, 2.75) is 13.0 Å². The second kappa shape index (κ2) is 6.11. The van der Waals surface area contributed by atoms with E-state index in [-0.39, 0.29) is 24.2 Å². The summed E-state index contributed by atoms with van der Waals surface area (Å²) in [7, 11) is 3.38. The zero-order valence-corrected chi connectivity index (χ0v) is 10.7. The van der Waals surface area contributed by atoms with Gasteiger partial charge in [-0.1, -0.05) is 12.1 Å². The Morgan fingerprint density at radius 2 is 2.22 bits per heavy atom. The fraction of sp³-hybridized carbons (Fsp3) is 0.417. The van der Waals surface area contributed by atoms with Crippen LogP contribution in [0.5, 0.6) is 0 Å². The molecule has 0 bridgehead atoms. The number of nitro groups is 1. The number of carbonyl (C=O) groups is 1. The van der Waals surface area contributed by atoms with Crippen LogP contribution in [0.2, 0.25) is 0 Å². The van der Waals surface area contributed by atoms with Crippen molar-refractivity contribution in [3.63, 3.8) is 0 Å². The van der Waals surface area contributed by atoms with Crippen LogP contribution in [0.25, 0.3) is 0 Å². The van der Waals surface area contributed by atoms with Crippen LogP contribution in [0.1, 0.15) is 18.5 Å². The summed E-state index contributed by atoms with van der Waals surface area (Å²) >= 11 is 0. The number of nitrogens with one attached hydrogen (secondary N) is 1. The lowest BCUT2D eigenvalue weighted by Crippen LogP contribution is -2.35. The highest BCUT2D eigenvalue weighted by Crippen LogP contribution is 2.22. The van der Waals surface area contributed by atoms with Crippen molar-refractivity contribution in [1.29, 1.82) is 0 Å². The molecule has 18 heavy (non-hydrogen) atoms. The van der Waals surface area contributed by atoms with Crippen molar-refractivity contribution in [1.82, 2.24) is 10.2 Å². The maximum absolute atomic E-state index is 11.7. The molecule has 0 saturated heterocycles. The summed E-state index contributed by atoms with van der Waals surface area (Å²) in [6.07, 6.45) is 0. The highest BCUT2D eigenvalue weighted by Gasteiger charge is 2.18. The fourth-order valence-electron chi connectivity index (χ4n) is 1.61. The minimum absolute atomic E-state index is 0.0359. The summed E-state index contributed by atoms with van der Waals surface area (Å²) in [5, 5.41) is 13.5. The normalized spacial score (nSPS) is 11.9. The first kappa shape index (κ1) is 14.1. The first-order chi connectivity index (χ1) is 8.47. The van der Waals surface area contributed by atoms with E-state index in [0.29, 0.717) is 0 Å². The number of nitrogens with zero attached hydrogens (tertiary/aromatic N) is 2. The lowest BCUT2D eigenvalue weighted by Gasteiger charge is -2.25. The van der Waals surface area contributed by atoms with Gasteiger partial charge in [-0.25, -0.2) is 0 Å². The molecule has 0 heterocycles. The van der Waals surface area contributed by atoms with Crippen LogP contribution in [0, 0.1) is 10.1 Å². The summed E-state index contributed by atoms with van der Waals surface area (Å²) in [5.74, 6) is -0.0588. The van der Waals surface area contributed by atoms with E-state index in [2.05, 4.69) is 5.32 Å². The maximum Gasteiger partial charge on any atom is 0.269 e. The Bertz CT molecular complexity index is 448. The molecule has 1 amide bonds. The lowest BCUT2D eigenvalue weighted by atomic mass is 10.1. The third-order valence-electron chi connectivity index (χ3n) is 2.87. The van der Waals surface area contributed by atoms with Crippen LogP contribution in [0.3, 0.4) is 0 Å². The van der Waals surface area contributed by atoms with Crippen molar-refractivity contribution in [2.75, 3.05) is 20.6 Å². The van der Waals surface area contributed by atoms with Gasteiger partial charge in [-0.05, 0) is 19.5 Å². The van der Waals surface area contributed by atoms with Gasteiger partial charge in [0.2, 0.25) is 5.91 Å². The summed E-state index contributed by atoms with van der Waals surface area (Å²) in [4.78, 5) is 23.5. The Hall–Kier alpha value is -1.95. The topological polar surface area (TPSA) is 75.5 Å². The van der Waals surface area contributed by atoms with Gasteiger partial charge in [0.05, 0.1) is 17.5 Å². The van der Waals surface area contributed by atoms with E-state index in [4.69, 9.17) is 0 Å². The predicted octanol–water partition coefficient (Wildman–Crippen LogP) is 1.33. The number of carbonyl (C=O) groups excluding carboxylic acids is 1. The van der Waals surface area contributed by atoms with Gasteiger partial charge < -0.3 is 10.2 Å². The van der Waals surface area contributed by atoms with E-state index >= 15 is 0 Å². The lowest BCUT2D eigenvalue weighted by molar-refractivity contribution is -0.384. The molecule has 1 rings (SSSR count). The Morgan fingerprint density at radius 3 is 2.78 bits per heavy atom. The van der Waals surface area contributed by atoms with Crippen molar-refractivity contribution >= 4 is 11.6 Å². The number of nitro benzene ring substituents is 1. The van der Waals surface area contributed by atoms with E-state index in [9.17, 15) is 14.9 Å². The zero-order chi connectivity index (χ0) is 13.7. The van der Waals surface area contributed by atoms with Gasteiger partial charge in [-0.15, -0.1) is 0 Å². The van der Waals surface area contributed by atoms with E-state index in [0.717, 1.165) is 5.56 Å². The fourth-order valence-corrected chi connectivity index (χ4v) is 1.61. The van der Waals surface area contributed by atoms with Crippen molar-refractivity contribution in [2.24, 2.45) is 0 Å². The number of hydrogen-bond acceptors (Lipinski definition) is 4. The minimum atomic E-state index is -0.439. The third-order valence-corrected chi connectivity index (χ3v) is 2.87. The SMILES string of the molecule is CNCC(=O)N(C)C(C)c1cccc([N+](=O)[O-])c1. The molecule has 1 aromatic rings. The molecule has 6 heteroatoms. The number of amides is 1. The number of benzene rings is 1. The molecule has 6 nitrogen and oxygen atoms in total. The van der Waals surface area contributed by atoms with Gasteiger partial charge in [0, 0.05) is 19.2 Å². The minimum Gasteiger partial charge on any atom is -0.338 e. The van der Waals surface area contributed by atoms with Gasteiger partial charge in [0.25, 0.3) is 5.69 Å². The van der Waals surface area contributed by atoms with Crippen LogP contribution in [0.15, 0.2) is 24.3 Å². The molecular weight excluding hydrogens is 234 g/mol. The third kappa shape index (κ3) is 3.27. The molecule has 0 fully saturated rings. The Balaban J connectivity index is 2.89. The molecular formula is C12H17N3O3. The van der Waals surface area contributed by atoms with E-state index in [1.54, 1.807) is 31.1 Å². The van der Waals surface area contributed by atoms with E-state index in [1.807, 2.05) is 6.92 Å². The Kier molecular flexibility index (Phi) is 4.79. The molecule has 0 aliphatic rings. The summed E-state index contributed by atoms with van der Waals surface area (Å²) in [6, 6.07) is 6.13. The van der Waals surface area contributed by atoms with Crippen LogP contribution < -0.4 is 5.32 Å². The molecule has 1 unspecified atom stereocenters. The zero-order valence-electron chi connectivity index (χ0n) is 10.7. The molecule has 0 spiro atoms. The molecule has 0 saturated carbocycles. The van der Waals surface area contributed by atoms with E-state index in [1.165, 1.54) is 12.1 Å². The largest absolute Gasteiger partial charge is 0.338 e. The van der Waals surface area contributed by atoms with Crippen LogP contribution in [0.4, 0.5) is 5.69 Å². The first-order valence-electron chi connectivity index (χ1n) is 5.62. The van der Waals surface area contributed by atoms with Gasteiger partial charge in [0.15, 0.2) is 0 Å². The molecule has 0 aliphatic carbocycles. The number of non-ortho nitro benzene ring substituents is 1. The number of hydrogen-bond donors (Lipinski definition) is 1. The van der Waals surface area contributed by atoms with Crippen molar-refractivity contribution in [3.8, 4) is 0 Å². The summed E-state index contributed by atoms with van der Waals surface area (Å²) in [6.45, 7) is 2.09. The van der Waals surface area contributed by atoms with Gasteiger partial charge in [-0.3, -0.25) is 14.9 Å². The van der Waals surface area contributed by atoms with Gasteiger partial charge in [0.1, 0.15) is 0 Å². The monoisotopic (exact) mass is 251 g/mol. The van der Waals surface area contributed by atoms with Crippen LogP contribution >= 0.6 is 0 Å². The van der Waals surface area contributed by atoms with Gasteiger partial charge >= 0.3 is 0 Å². The number of likely N-dealkylation sites (N-methyl/N-ethyl adjacent to an activating group) is 2. The highest BCUT2D eigenvalue weighted by molar-refractivity contribution is 5.78. The quantitative estimate of drug-likeness (QED) is 0.632. The molecule has 0 radical (unpaired) electrons. The van der Waals surface area contributed by atoms with Crippen LogP contribution in [-0.2, 0) is 4.79 Å². The Labute approximate surface area is 106 Å². The molecule has 1 aromatic carbocycles. The molecule has 1 atom stereocenters. The highest BCUT2D eigenvalue weighted by atomic mass is 16.6. The standard InChI is InChI=1S/C12H17N3O3/c1-9(14(3)12(16)8-13-2)10-5-4-6-11(7-10)15(17)18/h4-7,9,13H,8H2,1-3H3. The average Bonchev–Trinajstić information content (AvgIpc) is 2.37. The second-order valence-corrected chi connectivity index (χ2v) is 4.06.